The van der Waals surface area contributed by atoms with Crippen molar-refractivity contribution in [1.29, 1.82) is 0 Å². The molecule has 2 rings (SSSR count). The van der Waals surface area contributed by atoms with Crippen LogP contribution in [0.25, 0.3) is 0 Å². The quantitative estimate of drug-likeness (QED) is 0.768. The Balaban J connectivity index is 2.32. The molecule has 0 amide bonds. The van der Waals surface area contributed by atoms with Gasteiger partial charge in [-0.15, -0.1) is 11.6 Å². The summed E-state index contributed by atoms with van der Waals surface area (Å²) in [6.07, 6.45) is 0. The van der Waals surface area contributed by atoms with Crippen LogP contribution in [0.15, 0.2) is 22.7 Å². The number of alkyl halides is 1. The van der Waals surface area contributed by atoms with Gasteiger partial charge in [0.1, 0.15) is 0 Å². The van der Waals surface area contributed by atoms with E-state index in [9.17, 15) is 8.42 Å². The van der Waals surface area contributed by atoms with E-state index in [0.29, 0.717) is 12.4 Å². The van der Waals surface area contributed by atoms with Crippen LogP contribution in [0.5, 0.6) is 0 Å². The van der Waals surface area contributed by atoms with E-state index in [-0.39, 0.29) is 17.5 Å². The van der Waals surface area contributed by atoms with Crippen LogP contribution in [0.4, 0.5) is 5.69 Å². The molecule has 1 aromatic rings. The second-order valence-corrected chi connectivity index (χ2v) is 7.98. The molecule has 3 nitrogen and oxygen atoms in total. The van der Waals surface area contributed by atoms with Crippen LogP contribution in [-0.2, 0) is 15.7 Å². The number of hydrogen-bond donors (Lipinski definition) is 0. The zero-order valence-corrected chi connectivity index (χ0v) is 13.2. The van der Waals surface area contributed by atoms with Crippen molar-refractivity contribution >= 4 is 43.1 Å². The second-order valence-electron chi connectivity index (χ2n) is 4.56. The van der Waals surface area contributed by atoms with Gasteiger partial charge in [-0.05, 0) is 30.7 Å². The standard InChI is InChI=1S/C12H15BrClNO2S/c1-9-8-18(16,17)5-4-15(9)12-3-2-11(13)6-10(12)7-14/h2-3,6,9H,4-5,7-8H2,1H3. The Kier molecular flexibility index (Phi) is 4.24. The molecule has 0 radical (unpaired) electrons. The van der Waals surface area contributed by atoms with Crippen molar-refractivity contribution in [2.24, 2.45) is 0 Å². The third-order valence-corrected chi connectivity index (χ3v) is 5.74. The van der Waals surface area contributed by atoms with Gasteiger partial charge in [-0.25, -0.2) is 8.42 Å². The number of benzene rings is 1. The van der Waals surface area contributed by atoms with Gasteiger partial charge in [-0.1, -0.05) is 15.9 Å². The van der Waals surface area contributed by atoms with E-state index < -0.39 is 9.84 Å². The molecule has 1 aliphatic rings. The molecule has 1 saturated heterocycles. The van der Waals surface area contributed by atoms with Crippen molar-refractivity contribution in [3.05, 3.63) is 28.2 Å². The summed E-state index contributed by atoms with van der Waals surface area (Å²) < 4.78 is 24.2. The minimum absolute atomic E-state index is 0.00751. The summed E-state index contributed by atoms with van der Waals surface area (Å²) in [7, 11) is -2.88. The van der Waals surface area contributed by atoms with Crippen molar-refractivity contribution in [1.82, 2.24) is 0 Å². The molecule has 1 aliphatic heterocycles. The van der Waals surface area contributed by atoms with E-state index in [1.54, 1.807) is 0 Å². The second kappa shape index (κ2) is 5.39. The van der Waals surface area contributed by atoms with Crippen molar-refractivity contribution < 1.29 is 8.42 Å². The smallest absolute Gasteiger partial charge is 0.154 e. The van der Waals surface area contributed by atoms with Gasteiger partial charge in [0.15, 0.2) is 9.84 Å². The van der Waals surface area contributed by atoms with Gasteiger partial charge in [0.25, 0.3) is 0 Å². The van der Waals surface area contributed by atoms with E-state index in [4.69, 9.17) is 11.6 Å². The molecule has 0 aliphatic carbocycles. The van der Waals surface area contributed by atoms with Gasteiger partial charge in [0, 0.05) is 28.6 Å². The van der Waals surface area contributed by atoms with E-state index in [0.717, 1.165) is 15.7 Å². The third kappa shape index (κ3) is 3.00. The number of hydrogen-bond acceptors (Lipinski definition) is 3. The highest BCUT2D eigenvalue weighted by Gasteiger charge is 2.29. The molecule has 1 fully saturated rings. The molecule has 0 spiro atoms. The van der Waals surface area contributed by atoms with Crippen LogP contribution in [0, 0.1) is 0 Å². The first-order chi connectivity index (χ1) is 8.43. The number of rotatable bonds is 2. The van der Waals surface area contributed by atoms with E-state index >= 15 is 0 Å². The number of halogens is 2. The maximum absolute atomic E-state index is 11.6. The molecule has 1 unspecified atom stereocenters. The number of sulfone groups is 1. The summed E-state index contributed by atoms with van der Waals surface area (Å²) >= 11 is 9.38. The van der Waals surface area contributed by atoms with Crippen LogP contribution >= 0.6 is 27.5 Å². The van der Waals surface area contributed by atoms with Crippen molar-refractivity contribution in [2.45, 2.75) is 18.8 Å². The normalized spacial score (nSPS) is 23.1. The molecule has 1 aromatic carbocycles. The zero-order valence-electron chi connectivity index (χ0n) is 10.1. The maximum atomic E-state index is 11.6. The Morgan fingerprint density at radius 1 is 1.50 bits per heavy atom. The lowest BCUT2D eigenvalue weighted by Crippen LogP contribution is -2.47. The fourth-order valence-corrected chi connectivity index (χ4v) is 4.48. The summed E-state index contributed by atoms with van der Waals surface area (Å²) in [6.45, 7) is 2.48. The summed E-state index contributed by atoms with van der Waals surface area (Å²) in [5.41, 5.74) is 2.06. The van der Waals surface area contributed by atoms with Gasteiger partial charge in [0.2, 0.25) is 0 Å². The molecule has 0 bridgehead atoms. The van der Waals surface area contributed by atoms with Crippen molar-refractivity contribution in [3.63, 3.8) is 0 Å². The highest BCUT2D eigenvalue weighted by molar-refractivity contribution is 9.10. The number of anilines is 1. The van der Waals surface area contributed by atoms with Crippen LogP contribution in [-0.4, -0.2) is 32.5 Å². The Morgan fingerprint density at radius 2 is 2.22 bits per heavy atom. The highest BCUT2D eigenvalue weighted by atomic mass is 79.9. The summed E-state index contributed by atoms with van der Waals surface area (Å²) in [6, 6.07) is 5.93. The first kappa shape index (κ1) is 14.2. The molecule has 6 heteroatoms. The van der Waals surface area contributed by atoms with E-state index in [1.165, 1.54) is 0 Å². The monoisotopic (exact) mass is 351 g/mol. The fraction of sp³-hybridized carbons (Fsp3) is 0.500. The molecular weight excluding hydrogens is 338 g/mol. The SMILES string of the molecule is CC1CS(=O)(=O)CCN1c1ccc(Br)cc1CCl. The summed E-state index contributed by atoms with van der Waals surface area (Å²) in [5.74, 6) is 0.852. The molecule has 1 heterocycles. The number of nitrogens with zero attached hydrogens (tertiary/aromatic N) is 1. The maximum Gasteiger partial charge on any atom is 0.154 e. The largest absolute Gasteiger partial charge is 0.367 e. The summed E-state index contributed by atoms with van der Waals surface area (Å²) in [5, 5.41) is 0. The van der Waals surface area contributed by atoms with Crippen molar-refractivity contribution in [3.8, 4) is 0 Å². The topological polar surface area (TPSA) is 37.4 Å². The Hall–Kier alpha value is -0.260. The van der Waals surface area contributed by atoms with Crippen LogP contribution in [0.2, 0.25) is 0 Å². The van der Waals surface area contributed by atoms with Gasteiger partial charge in [-0.2, -0.15) is 0 Å². The lowest BCUT2D eigenvalue weighted by Gasteiger charge is -2.36. The summed E-state index contributed by atoms with van der Waals surface area (Å²) in [4.78, 5) is 2.13. The third-order valence-electron chi connectivity index (χ3n) is 3.17. The van der Waals surface area contributed by atoms with Gasteiger partial charge in [0.05, 0.1) is 11.5 Å². The first-order valence-corrected chi connectivity index (χ1v) is 8.89. The van der Waals surface area contributed by atoms with Gasteiger partial charge < -0.3 is 4.90 Å². The lowest BCUT2D eigenvalue weighted by atomic mass is 10.1. The first-order valence-electron chi connectivity index (χ1n) is 5.74. The Labute approximate surface area is 121 Å². The van der Waals surface area contributed by atoms with Gasteiger partial charge >= 0.3 is 0 Å². The van der Waals surface area contributed by atoms with Crippen LogP contribution in [0.3, 0.4) is 0 Å². The predicted molar refractivity (Wildman–Crippen MR) is 79.2 cm³/mol. The fourth-order valence-electron chi connectivity index (χ4n) is 2.30. The molecule has 1 atom stereocenters. The molecule has 0 saturated carbocycles. The molecule has 0 aromatic heterocycles. The van der Waals surface area contributed by atoms with E-state index in [2.05, 4.69) is 20.8 Å². The van der Waals surface area contributed by atoms with Crippen LogP contribution < -0.4 is 4.90 Å². The molecule has 100 valence electrons. The molecular formula is C12H15BrClNO2S. The molecule has 18 heavy (non-hydrogen) atoms. The Bertz CT molecular complexity index is 547. The van der Waals surface area contributed by atoms with Crippen LogP contribution in [0.1, 0.15) is 12.5 Å². The average molecular weight is 353 g/mol. The minimum atomic E-state index is -2.88. The predicted octanol–water partition coefficient (Wildman–Crippen LogP) is 2.81. The van der Waals surface area contributed by atoms with E-state index in [1.807, 2.05) is 25.1 Å². The molecule has 0 N–H and O–H groups in total. The average Bonchev–Trinajstić information content (AvgIpc) is 2.29. The minimum Gasteiger partial charge on any atom is -0.367 e. The highest BCUT2D eigenvalue weighted by Crippen LogP contribution is 2.29. The van der Waals surface area contributed by atoms with Gasteiger partial charge in [-0.3, -0.25) is 0 Å². The lowest BCUT2D eigenvalue weighted by molar-refractivity contribution is 0.568. The zero-order chi connectivity index (χ0) is 13.3. The Morgan fingerprint density at radius 3 is 2.83 bits per heavy atom. The van der Waals surface area contributed by atoms with Crippen molar-refractivity contribution in [2.75, 3.05) is 23.0 Å².